The van der Waals surface area contributed by atoms with Crippen LogP contribution >= 0.6 is 11.8 Å². The Morgan fingerprint density at radius 3 is 2.75 bits per heavy atom. The van der Waals surface area contributed by atoms with Crippen LogP contribution in [0.25, 0.3) is 11.0 Å². The van der Waals surface area contributed by atoms with E-state index in [1.165, 1.54) is 15.2 Å². The van der Waals surface area contributed by atoms with E-state index in [-0.39, 0.29) is 0 Å². The minimum atomic E-state index is 0.945. The van der Waals surface area contributed by atoms with Crippen molar-refractivity contribution in [3.8, 4) is 0 Å². The first-order valence-corrected chi connectivity index (χ1v) is 5.90. The van der Waals surface area contributed by atoms with Gasteiger partial charge in [-0.2, -0.15) is 0 Å². The minimum Gasteiger partial charge on any atom is -0.345 e. The Labute approximate surface area is 97.7 Å². The molecule has 3 aromatic rings. The molecule has 0 atom stereocenters. The van der Waals surface area contributed by atoms with Crippen molar-refractivity contribution in [1.82, 2.24) is 9.97 Å². The van der Waals surface area contributed by atoms with E-state index in [4.69, 9.17) is 0 Å². The van der Waals surface area contributed by atoms with Crippen LogP contribution in [0.1, 0.15) is 0 Å². The SMILES string of the molecule is c1ccc(Sc2c[nH]c3ncccc23)cc1. The van der Waals surface area contributed by atoms with E-state index < -0.39 is 0 Å². The Morgan fingerprint density at radius 1 is 1.00 bits per heavy atom. The first-order chi connectivity index (χ1) is 7.93. The zero-order chi connectivity index (χ0) is 10.8. The molecule has 2 heterocycles. The third-order valence-corrected chi connectivity index (χ3v) is 3.45. The average Bonchev–Trinajstić information content (AvgIpc) is 2.74. The molecule has 0 saturated carbocycles. The largest absolute Gasteiger partial charge is 0.345 e. The second-order valence-electron chi connectivity index (χ2n) is 3.47. The van der Waals surface area contributed by atoms with Gasteiger partial charge in [0.1, 0.15) is 5.65 Å². The van der Waals surface area contributed by atoms with Crippen LogP contribution in [0.15, 0.2) is 64.6 Å². The number of nitrogens with one attached hydrogen (secondary N) is 1. The summed E-state index contributed by atoms with van der Waals surface area (Å²) in [6.07, 6.45) is 3.81. The first-order valence-electron chi connectivity index (χ1n) is 5.08. The molecular weight excluding hydrogens is 216 g/mol. The van der Waals surface area contributed by atoms with Gasteiger partial charge in [-0.3, -0.25) is 0 Å². The maximum atomic E-state index is 4.27. The zero-order valence-electron chi connectivity index (χ0n) is 8.55. The van der Waals surface area contributed by atoms with Gasteiger partial charge in [0.15, 0.2) is 0 Å². The number of hydrogen-bond donors (Lipinski definition) is 1. The molecule has 0 amide bonds. The van der Waals surface area contributed by atoms with E-state index in [0.717, 1.165) is 5.65 Å². The van der Waals surface area contributed by atoms with Crippen LogP contribution in [0.3, 0.4) is 0 Å². The third kappa shape index (κ3) is 1.70. The number of hydrogen-bond acceptors (Lipinski definition) is 2. The number of benzene rings is 1. The van der Waals surface area contributed by atoms with Crippen LogP contribution in [0.2, 0.25) is 0 Å². The smallest absolute Gasteiger partial charge is 0.138 e. The minimum absolute atomic E-state index is 0.945. The molecule has 0 aliphatic rings. The predicted octanol–water partition coefficient (Wildman–Crippen LogP) is 3.71. The van der Waals surface area contributed by atoms with Crippen LogP contribution in [-0.4, -0.2) is 9.97 Å². The molecule has 0 radical (unpaired) electrons. The molecule has 16 heavy (non-hydrogen) atoms. The molecule has 0 saturated heterocycles. The molecule has 3 heteroatoms. The number of pyridine rings is 1. The van der Waals surface area contributed by atoms with E-state index >= 15 is 0 Å². The lowest BCUT2D eigenvalue weighted by Gasteiger charge is -1.98. The van der Waals surface area contributed by atoms with Crippen LogP contribution < -0.4 is 0 Å². The summed E-state index contributed by atoms with van der Waals surface area (Å²) in [6, 6.07) is 14.4. The Balaban J connectivity index is 2.01. The normalized spacial score (nSPS) is 10.8. The van der Waals surface area contributed by atoms with Crippen molar-refractivity contribution < 1.29 is 0 Å². The maximum Gasteiger partial charge on any atom is 0.138 e. The van der Waals surface area contributed by atoms with E-state index in [0.29, 0.717) is 0 Å². The van der Waals surface area contributed by atoms with Crippen molar-refractivity contribution in [1.29, 1.82) is 0 Å². The second kappa shape index (κ2) is 4.02. The Bertz CT molecular complexity index is 601. The fourth-order valence-corrected chi connectivity index (χ4v) is 2.57. The summed E-state index contributed by atoms with van der Waals surface area (Å²) >= 11 is 1.75. The fraction of sp³-hybridized carbons (Fsp3) is 0. The number of rotatable bonds is 2. The molecule has 2 nitrogen and oxygen atoms in total. The molecular formula is C13H10N2S. The first kappa shape index (κ1) is 9.48. The van der Waals surface area contributed by atoms with Crippen LogP contribution in [0.5, 0.6) is 0 Å². The molecule has 3 rings (SSSR count). The lowest BCUT2D eigenvalue weighted by atomic mass is 10.3. The van der Waals surface area contributed by atoms with E-state index in [9.17, 15) is 0 Å². The quantitative estimate of drug-likeness (QED) is 0.721. The number of fused-ring (bicyclic) bond motifs is 1. The van der Waals surface area contributed by atoms with Crippen molar-refractivity contribution >= 4 is 22.8 Å². The van der Waals surface area contributed by atoms with Crippen molar-refractivity contribution in [3.63, 3.8) is 0 Å². The monoisotopic (exact) mass is 226 g/mol. The molecule has 2 aromatic heterocycles. The molecule has 0 bridgehead atoms. The van der Waals surface area contributed by atoms with Crippen molar-refractivity contribution in [3.05, 3.63) is 54.9 Å². The number of H-pyrrole nitrogens is 1. The molecule has 1 N–H and O–H groups in total. The summed E-state index contributed by atoms with van der Waals surface area (Å²) < 4.78 is 0. The Kier molecular flexibility index (Phi) is 2.38. The lowest BCUT2D eigenvalue weighted by molar-refractivity contribution is 1.32. The molecule has 0 fully saturated rings. The van der Waals surface area contributed by atoms with Gasteiger partial charge in [-0.05, 0) is 24.3 Å². The molecule has 0 spiro atoms. The van der Waals surface area contributed by atoms with Crippen molar-refractivity contribution in [2.75, 3.05) is 0 Å². The van der Waals surface area contributed by atoms with Gasteiger partial charge in [-0.15, -0.1) is 0 Å². The van der Waals surface area contributed by atoms with Gasteiger partial charge in [-0.25, -0.2) is 4.98 Å². The van der Waals surface area contributed by atoms with E-state index in [2.05, 4.69) is 40.3 Å². The van der Waals surface area contributed by atoms with Gasteiger partial charge >= 0.3 is 0 Å². The highest BCUT2D eigenvalue weighted by Crippen LogP contribution is 2.32. The highest BCUT2D eigenvalue weighted by molar-refractivity contribution is 7.99. The third-order valence-electron chi connectivity index (χ3n) is 2.38. The zero-order valence-corrected chi connectivity index (χ0v) is 9.37. The van der Waals surface area contributed by atoms with E-state index in [1.807, 2.05) is 18.3 Å². The van der Waals surface area contributed by atoms with Crippen LogP contribution in [0.4, 0.5) is 0 Å². The van der Waals surface area contributed by atoms with Crippen LogP contribution in [-0.2, 0) is 0 Å². The van der Waals surface area contributed by atoms with Gasteiger partial charge in [0.05, 0.1) is 0 Å². The molecule has 0 aliphatic heterocycles. The lowest BCUT2D eigenvalue weighted by Crippen LogP contribution is -1.73. The number of aromatic amines is 1. The molecule has 0 aliphatic carbocycles. The fourth-order valence-electron chi connectivity index (χ4n) is 1.63. The molecule has 1 aromatic carbocycles. The summed E-state index contributed by atoms with van der Waals surface area (Å²) in [5.41, 5.74) is 0.945. The highest BCUT2D eigenvalue weighted by atomic mass is 32.2. The van der Waals surface area contributed by atoms with Crippen molar-refractivity contribution in [2.45, 2.75) is 9.79 Å². The average molecular weight is 226 g/mol. The van der Waals surface area contributed by atoms with Gasteiger partial charge < -0.3 is 4.98 Å². The van der Waals surface area contributed by atoms with Gasteiger partial charge in [0, 0.05) is 27.6 Å². The topological polar surface area (TPSA) is 28.7 Å². The Hall–Kier alpha value is -1.74. The predicted molar refractivity (Wildman–Crippen MR) is 66.7 cm³/mol. The highest BCUT2D eigenvalue weighted by Gasteiger charge is 2.04. The summed E-state index contributed by atoms with van der Waals surface area (Å²) in [5.74, 6) is 0. The number of aromatic nitrogens is 2. The van der Waals surface area contributed by atoms with E-state index in [1.54, 1.807) is 18.0 Å². The maximum absolute atomic E-state index is 4.27. The summed E-state index contributed by atoms with van der Waals surface area (Å²) in [5, 5.41) is 1.18. The molecule has 78 valence electrons. The number of nitrogens with zero attached hydrogens (tertiary/aromatic N) is 1. The van der Waals surface area contributed by atoms with Gasteiger partial charge in [-0.1, -0.05) is 30.0 Å². The van der Waals surface area contributed by atoms with Crippen LogP contribution in [0, 0.1) is 0 Å². The van der Waals surface area contributed by atoms with Gasteiger partial charge in [0.25, 0.3) is 0 Å². The summed E-state index contributed by atoms with van der Waals surface area (Å²) in [4.78, 5) is 9.91. The second-order valence-corrected chi connectivity index (χ2v) is 4.58. The van der Waals surface area contributed by atoms with Crippen molar-refractivity contribution in [2.24, 2.45) is 0 Å². The summed E-state index contributed by atoms with van der Waals surface area (Å²) in [6.45, 7) is 0. The summed E-state index contributed by atoms with van der Waals surface area (Å²) in [7, 11) is 0. The molecule has 0 unspecified atom stereocenters. The Morgan fingerprint density at radius 2 is 1.88 bits per heavy atom. The van der Waals surface area contributed by atoms with Gasteiger partial charge in [0.2, 0.25) is 0 Å². The standard InChI is InChI=1S/C13H10N2S/c1-2-5-10(6-3-1)16-12-9-15-13-11(12)7-4-8-14-13/h1-9H,(H,14,15).